The second kappa shape index (κ2) is 6.50. The fraction of sp³-hybridized carbons (Fsp3) is 0.214. The Bertz CT molecular complexity index is 650. The van der Waals surface area contributed by atoms with Gasteiger partial charge in [0.15, 0.2) is 5.82 Å². The number of nitrogens with two attached hydrogens (primary N) is 1. The summed E-state index contributed by atoms with van der Waals surface area (Å²) in [5.74, 6) is 6.36. The topological polar surface area (TPSA) is 94.0 Å². The van der Waals surface area contributed by atoms with E-state index in [0.717, 1.165) is 5.56 Å². The van der Waals surface area contributed by atoms with E-state index in [9.17, 15) is 4.79 Å². The molecule has 0 aliphatic heterocycles. The van der Waals surface area contributed by atoms with Gasteiger partial charge in [0.25, 0.3) is 5.91 Å². The number of hydrogen-bond acceptors (Lipinski definition) is 5. The van der Waals surface area contributed by atoms with Gasteiger partial charge in [-0.2, -0.15) is 4.98 Å². The molecule has 1 aromatic carbocycles. The maximum atomic E-state index is 11.9. The first-order valence-corrected chi connectivity index (χ1v) is 6.05. The van der Waals surface area contributed by atoms with E-state index in [0.29, 0.717) is 23.8 Å². The highest BCUT2D eigenvalue weighted by atomic mass is 16.5. The summed E-state index contributed by atoms with van der Waals surface area (Å²) in [5.41, 5.74) is 6.66. The summed E-state index contributed by atoms with van der Waals surface area (Å²) in [4.78, 5) is 15.9. The van der Waals surface area contributed by atoms with Gasteiger partial charge < -0.3 is 15.6 Å². The lowest BCUT2D eigenvalue weighted by molar-refractivity contribution is 0.0949. The van der Waals surface area contributed by atoms with Gasteiger partial charge in [-0.05, 0) is 24.3 Å². The molecule has 0 atom stereocenters. The van der Waals surface area contributed by atoms with Gasteiger partial charge in [-0.15, -0.1) is 0 Å². The van der Waals surface area contributed by atoms with E-state index in [1.165, 1.54) is 0 Å². The van der Waals surface area contributed by atoms with Crippen LogP contribution in [0, 0.1) is 18.8 Å². The zero-order valence-electron chi connectivity index (χ0n) is 11.0. The molecule has 2 rings (SSSR count). The Balaban J connectivity index is 1.95. The highest BCUT2D eigenvalue weighted by Gasteiger charge is 2.07. The lowest BCUT2D eigenvalue weighted by atomic mass is 10.1. The molecule has 0 aliphatic rings. The summed E-state index contributed by atoms with van der Waals surface area (Å²) in [6.07, 6.45) is 0. The van der Waals surface area contributed by atoms with Crippen LogP contribution < -0.4 is 11.1 Å². The lowest BCUT2D eigenvalue weighted by Gasteiger charge is -2.02. The zero-order valence-corrected chi connectivity index (χ0v) is 11.0. The van der Waals surface area contributed by atoms with Gasteiger partial charge in [-0.25, -0.2) is 0 Å². The largest absolute Gasteiger partial charge is 0.345 e. The number of carbonyl (C=O) groups is 1. The fourth-order valence-corrected chi connectivity index (χ4v) is 1.53. The molecule has 3 N–H and O–H groups in total. The van der Waals surface area contributed by atoms with E-state index in [1.54, 1.807) is 31.2 Å². The summed E-state index contributed by atoms with van der Waals surface area (Å²) in [6.45, 7) is 2.23. The Labute approximate surface area is 116 Å². The van der Waals surface area contributed by atoms with Gasteiger partial charge in [0, 0.05) is 18.1 Å². The van der Waals surface area contributed by atoms with Gasteiger partial charge in [0.1, 0.15) is 0 Å². The smallest absolute Gasteiger partial charge is 0.251 e. The Kier molecular flexibility index (Phi) is 4.47. The van der Waals surface area contributed by atoms with Crippen LogP contribution >= 0.6 is 0 Å². The maximum absolute atomic E-state index is 11.9. The number of carbonyl (C=O) groups excluding carboxylic acids is 1. The molecule has 1 heterocycles. The summed E-state index contributed by atoms with van der Waals surface area (Å²) < 4.78 is 4.82. The molecule has 102 valence electrons. The standard InChI is InChI=1S/C14H14N4O2/c1-10-17-13(18-20-10)9-16-14(19)12-6-4-11(5-7-12)3-2-8-15/h4-7H,8-9,15H2,1H3,(H,16,19). The van der Waals surface area contributed by atoms with E-state index < -0.39 is 0 Å². The van der Waals surface area contributed by atoms with Crippen molar-refractivity contribution in [2.45, 2.75) is 13.5 Å². The van der Waals surface area contributed by atoms with Crippen LogP contribution in [0.3, 0.4) is 0 Å². The van der Waals surface area contributed by atoms with E-state index in [4.69, 9.17) is 10.3 Å². The molecule has 0 fully saturated rings. The van der Waals surface area contributed by atoms with E-state index >= 15 is 0 Å². The SMILES string of the molecule is Cc1nc(CNC(=O)c2ccc(C#CCN)cc2)no1. The minimum atomic E-state index is -0.203. The van der Waals surface area contributed by atoms with Crippen LogP contribution in [0.15, 0.2) is 28.8 Å². The first-order chi connectivity index (χ1) is 9.69. The van der Waals surface area contributed by atoms with Crippen molar-refractivity contribution in [3.63, 3.8) is 0 Å². The molecule has 0 saturated heterocycles. The molecule has 0 saturated carbocycles. The number of nitrogens with zero attached hydrogens (tertiary/aromatic N) is 2. The number of hydrogen-bond donors (Lipinski definition) is 2. The third-order valence-electron chi connectivity index (χ3n) is 2.46. The minimum Gasteiger partial charge on any atom is -0.345 e. The molecule has 6 heteroatoms. The first-order valence-electron chi connectivity index (χ1n) is 6.05. The zero-order chi connectivity index (χ0) is 14.4. The number of amides is 1. The molecule has 0 aliphatic carbocycles. The van der Waals surface area contributed by atoms with Gasteiger partial charge in [0.2, 0.25) is 5.89 Å². The molecule has 20 heavy (non-hydrogen) atoms. The highest BCUT2D eigenvalue weighted by molar-refractivity contribution is 5.94. The van der Waals surface area contributed by atoms with Crippen molar-refractivity contribution in [2.24, 2.45) is 5.73 Å². The first kappa shape index (κ1) is 13.8. The van der Waals surface area contributed by atoms with Crippen LogP contribution in [0.5, 0.6) is 0 Å². The van der Waals surface area contributed by atoms with Crippen molar-refractivity contribution < 1.29 is 9.32 Å². The fourth-order valence-electron chi connectivity index (χ4n) is 1.53. The Morgan fingerprint density at radius 1 is 1.40 bits per heavy atom. The predicted molar refractivity (Wildman–Crippen MR) is 72.6 cm³/mol. The third-order valence-corrected chi connectivity index (χ3v) is 2.46. The van der Waals surface area contributed by atoms with Crippen LogP contribution in [-0.2, 0) is 6.54 Å². The van der Waals surface area contributed by atoms with Crippen LogP contribution in [0.4, 0.5) is 0 Å². The average molecular weight is 270 g/mol. The molecule has 1 aromatic heterocycles. The Morgan fingerprint density at radius 2 is 2.15 bits per heavy atom. The number of benzene rings is 1. The monoisotopic (exact) mass is 270 g/mol. The lowest BCUT2D eigenvalue weighted by Crippen LogP contribution is -2.23. The van der Waals surface area contributed by atoms with E-state index in [1.807, 2.05) is 0 Å². The van der Waals surface area contributed by atoms with E-state index in [2.05, 4.69) is 27.3 Å². The van der Waals surface area contributed by atoms with Gasteiger partial charge in [-0.3, -0.25) is 4.79 Å². The number of rotatable bonds is 3. The maximum Gasteiger partial charge on any atom is 0.251 e. The van der Waals surface area contributed by atoms with Crippen molar-refractivity contribution in [3.05, 3.63) is 47.1 Å². The van der Waals surface area contributed by atoms with E-state index in [-0.39, 0.29) is 12.5 Å². The second-order valence-corrected chi connectivity index (χ2v) is 4.00. The van der Waals surface area contributed by atoms with Crippen LogP contribution in [0.2, 0.25) is 0 Å². The molecule has 2 aromatic rings. The van der Waals surface area contributed by atoms with Crippen LogP contribution in [-0.4, -0.2) is 22.6 Å². The van der Waals surface area contributed by atoms with Crippen molar-refractivity contribution in [1.29, 1.82) is 0 Å². The summed E-state index contributed by atoms with van der Waals surface area (Å²) in [7, 11) is 0. The molecular formula is C14H14N4O2. The number of aryl methyl sites for hydroxylation is 1. The number of nitrogens with one attached hydrogen (secondary N) is 1. The Hall–Kier alpha value is -2.65. The Morgan fingerprint density at radius 3 is 2.75 bits per heavy atom. The van der Waals surface area contributed by atoms with Crippen LogP contribution in [0.1, 0.15) is 27.6 Å². The molecule has 1 amide bonds. The van der Waals surface area contributed by atoms with Crippen molar-refractivity contribution in [2.75, 3.05) is 6.54 Å². The molecule has 0 spiro atoms. The third kappa shape index (κ3) is 3.67. The summed E-state index contributed by atoms with van der Waals surface area (Å²) >= 11 is 0. The highest BCUT2D eigenvalue weighted by Crippen LogP contribution is 2.04. The predicted octanol–water partition coefficient (Wildman–Crippen LogP) is 0.618. The van der Waals surface area contributed by atoms with Gasteiger partial charge in [0.05, 0.1) is 13.1 Å². The number of aromatic nitrogens is 2. The molecular weight excluding hydrogens is 256 g/mol. The minimum absolute atomic E-state index is 0.203. The summed E-state index contributed by atoms with van der Waals surface area (Å²) in [6, 6.07) is 6.96. The summed E-state index contributed by atoms with van der Waals surface area (Å²) in [5, 5.41) is 6.41. The van der Waals surface area contributed by atoms with Gasteiger partial charge >= 0.3 is 0 Å². The van der Waals surface area contributed by atoms with Crippen LogP contribution in [0.25, 0.3) is 0 Å². The van der Waals surface area contributed by atoms with Crippen molar-refractivity contribution in [3.8, 4) is 11.8 Å². The molecule has 6 nitrogen and oxygen atoms in total. The molecule has 0 radical (unpaired) electrons. The average Bonchev–Trinajstić information content (AvgIpc) is 2.89. The quantitative estimate of drug-likeness (QED) is 0.797. The molecule has 0 bridgehead atoms. The second-order valence-electron chi connectivity index (χ2n) is 4.00. The van der Waals surface area contributed by atoms with Crippen molar-refractivity contribution in [1.82, 2.24) is 15.5 Å². The molecule has 0 unspecified atom stereocenters. The van der Waals surface area contributed by atoms with Crippen molar-refractivity contribution >= 4 is 5.91 Å². The van der Waals surface area contributed by atoms with Gasteiger partial charge in [-0.1, -0.05) is 17.0 Å². The normalized spacial score (nSPS) is 9.70.